The van der Waals surface area contributed by atoms with Crippen molar-refractivity contribution in [3.8, 4) is 11.6 Å². The highest BCUT2D eigenvalue weighted by Gasteiger charge is 2.11. The average Bonchev–Trinajstić information content (AvgIpc) is 3.42. The van der Waals surface area contributed by atoms with Gasteiger partial charge in [0.05, 0.1) is 12.6 Å². The van der Waals surface area contributed by atoms with E-state index in [-0.39, 0.29) is 11.8 Å². The van der Waals surface area contributed by atoms with Gasteiger partial charge in [-0.3, -0.25) is 9.59 Å². The van der Waals surface area contributed by atoms with Crippen LogP contribution in [0.25, 0.3) is 16.7 Å². The number of nitrogens with one attached hydrogen (secondary N) is 3. The lowest BCUT2D eigenvalue weighted by atomic mass is 10.1. The van der Waals surface area contributed by atoms with Crippen LogP contribution in [0.1, 0.15) is 10.4 Å². The number of methoxy groups -OCH3 is 1. The Kier molecular flexibility index (Phi) is 8.55. The van der Waals surface area contributed by atoms with Crippen LogP contribution >= 0.6 is 0 Å². The van der Waals surface area contributed by atoms with E-state index in [1.165, 1.54) is 6.08 Å². The monoisotopic (exact) mass is 561 g/mol. The van der Waals surface area contributed by atoms with E-state index < -0.39 is 0 Å². The summed E-state index contributed by atoms with van der Waals surface area (Å²) in [7, 11) is 5.50. The molecular formula is C32H31N7O3. The quantitative estimate of drug-likeness (QED) is 0.194. The van der Waals surface area contributed by atoms with Crippen molar-refractivity contribution in [2.24, 2.45) is 0 Å². The van der Waals surface area contributed by atoms with Gasteiger partial charge in [-0.1, -0.05) is 24.3 Å². The van der Waals surface area contributed by atoms with Crippen LogP contribution < -0.4 is 20.7 Å². The predicted octanol–water partition coefficient (Wildman–Crippen LogP) is 5.48. The molecule has 3 N–H and O–H groups in total. The van der Waals surface area contributed by atoms with Gasteiger partial charge >= 0.3 is 0 Å². The van der Waals surface area contributed by atoms with Gasteiger partial charge in [0.15, 0.2) is 0 Å². The highest BCUT2D eigenvalue weighted by Crippen LogP contribution is 2.28. The molecule has 0 aliphatic heterocycles. The summed E-state index contributed by atoms with van der Waals surface area (Å²) in [6.07, 6.45) is 6.88. The Hall–Kier alpha value is -5.48. The van der Waals surface area contributed by atoms with Crippen molar-refractivity contribution < 1.29 is 14.3 Å². The molecule has 0 saturated carbocycles. The molecule has 0 unspecified atom stereocenters. The number of hydrogen-bond acceptors (Lipinski definition) is 7. The molecular weight excluding hydrogens is 530 g/mol. The van der Waals surface area contributed by atoms with Crippen LogP contribution in [-0.4, -0.2) is 59.0 Å². The highest BCUT2D eigenvalue weighted by atomic mass is 16.5. The van der Waals surface area contributed by atoms with Gasteiger partial charge in [0, 0.05) is 53.0 Å². The van der Waals surface area contributed by atoms with E-state index in [2.05, 4.69) is 25.9 Å². The molecule has 0 aliphatic rings. The number of anilines is 4. The number of carbonyl (C=O) groups is 2. The van der Waals surface area contributed by atoms with Gasteiger partial charge in [-0.05, 0) is 74.8 Å². The first-order chi connectivity index (χ1) is 20.4. The van der Waals surface area contributed by atoms with E-state index in [1.807, 2.05) is 72.2 Å². The zero-order valence-electron chi connectivity index (χ0n) is 23.5. The Morgan fingerprint density at radius 2 is 1.69 bits per heavy atom. The lowest BCUT2D eigenvalue weighted by Gasteiger charge is -2.11. The Bertz CT molecular complexity index is 1760. The van der Waals surface area contributed by atoms with Crippen LogP contribution in [0.5, 0.6) is 5.75 Å². The number of likely N-dealkylation sites (N-methyl/N-ethyl adjacent to an activating group) is 1. The Balaban J connectivity index is 1.26. The largest absolute Gasteiger partial charge is 0.496 e. The van der Waals surface area contributed by atoms with Gasteiger partial charge in [0.2, 0.25) is 11.9 Å². The van der Waals surface area contributed by atoms with Crippen LogP contribution in [0.3, 0.4) is 0 Å². The highest BCUT2D eigenvalue weighted by molar-refractivity contribution is 6.06. The summed E-state index contributed by atoms with van der Waals surface area (Å²) in [5.74, 6) is 1.33. The molecule has 0 spiro atoms. The number of ether oxygens (including phenoxy) is 1. The maximum Gasteiger partial charge on any atom is 0.255 e. The van der Waals surface area contributed by atoms with Crippen LogP contribution in [0.2, 0.25) is 0 Å². The van der Waals surface area contributed by atoms with Crippen LogP contribution in [0.4, 0.5) is 23.0 Å². The van der Waals surface area contributed by atoms with Crippen molar-refractivity contribution >= 4 is 45.7 Å². The lowest BCUT2D eigenvalue weighted by Crippen LogP contribution is -2.14. The van der Waals surface area contributed by atoms with Crippen LogP contribution in [0, 0.1) is 0 Å². The fourth-order valence-corrected chi connectivity index (χ4v) is 4.36. The van der Waals surface area contributed by atoms with Crippen molar-refractivity contribution in [3.05, 3.63) is 109 Å². The van der Waals surface area contributed by atoms with Crippen molar-refractivity contribution in [2.45, 2.75) is 0 Å². The third kappa shape index (κ3) is 6.80. The summed E-state index contributed by atoms with van der Waals surface area (Å²) >= 11 is 0. The molecule has 212 valence electrons. The van der Waals surface area contributed by atoms with E-state index in [4.69, 9.17) is 4.74 Å². The molecule has 10 heteroatoms. The fourth-order valence-electron chi connectivity index (χ4n) is 4.36. The molecule has 3 aromatic carbocycles. The zero-order chi connectivity index (χ0) is 29.5. The minimum Gasteiger partial charge on any atom is -0.496 e. The molecule has 0 bridgehead atoms. The summed E-state index contributed by atoms with van der Waals surface area (Å²) in [4.78, 5) is 36.2. The predicted molar refractivity (Wildman–Crippen MR) is 166 cm³/mol. The molecule has 5 rings (SSSR count). The number of carbonyl (C=O) groups excluding carboxylic acids is 2. The number of fused-ring (bicyclic) bond motifs is 1. The van der Waals surface area contributed by atoms with Crippen LogP contribution in [-0.2, 0) is 4.79 Å². The van der Waals surface area contributed by atoms with E-state index in [0.717, 1.165) is 16.7 Å². The van der Waals surface area contributed by atoms with Gasteiger partial charge in [0.1, 0.15) is 11.6 Å². The van der Waals surface area contributed by atoms with Gasteiger partial charge in [-0.15, -0.1) is 0 Å². The Morgan fingerprint density at radius 3 is 2.50 bits per heavy atom. The van der Waals surface area contributed by atoms with E-state index in [0.29, 0.717) is 40.9 Å². The molecule has 0 atom stereocenters. The van der Waals surface area contributed by atoms with E-state index in [9.17, 15) is 9.59 Å². The standard InChI is InChI=1S/C32H31N7O3/c1-38(2)18-7-14-30(40)34-23-9-4-8-22(20-23)31(41)35-24-10-5-11-25(21-24)36-32-33-17-15-29(37-32)39-19-16-26-27(39)12-6-13-28(26)42-3/h4-17,19-21H,18H2,1-3H3,(H,34,40)(H,35,41)(H,33,36,37). The fraction of sp³-hybridized carbons (Fsp3) is 0.125. The molecule has 0 aliphatic carbocycles. The Morgan fingerprint density at radius 1 is 0.929 bits per heavy atom. The van der Waals surface area contributed by atoms with E-state index >= 15 is 0 Å². The van der Waals surface area contributed by atoms with Gasteiger partial charge in [-0.25, -0.2) is 4.98 Å². The van der Waals surface area contributed by atoms with Crippen molar-refractivity contribution in [1.29, 1.82) is 0 Å². The topological polar surface area (TPSA) is 113 Å². The molecule has 2 heterocycles. The molecule has 0 fully saturated rings. The molecule has 42 heavy (non-hydrogen) atoms. The van der Waals surface area contributed by atoms with E-state index in [1.54, 1.807) is 55.8 Å². The number of hydrogen-bond donors (Lipinski definition) is 3. The third-order valence-electron chi connectivity index (χ3n) is 6.31. The first-order valence-electron chi connectivity index (χ1n) is 13.3. The molecule has 2 aromatic heterocycles. The number of rotatable bonds is 10. The van der Waals surface area contributed by atoms with Gasteiger partial charge in [0.25, 0.3) is 5.91 Å². The maximum absolute atomic E-state index is 13.0. The second-order valence-corrected chi connectivity index (χ2v) is 9.71. The molecule has 0 radical (unpaired) electrons. The third-order valence-corrected chi connectivity index (χ3v) is 6.31. The molecule has 10 nitrogen and oxygen atoms in total. The average molecular weight is 562 g/mol. The smallest absolute Gasteiger partial charge is 0.255 e. The van der Waals surface area contributed by atoms with Gasteiger partial charge < -0.3 is 30.2 Å². The summed E-state index contributed by atoms with van der Waals surface area (Å²) in [5.41, 5.74) is 3.20. The minimum atomic E-state index is -0.306. The first-order valence-corrected chi connectivity index (χ1v) is 13.3. The van der Waals surface area contributed by atoms with Crippen molar-refractivity contribution in [1.82, 2.24) is 19.4 Å². The SMILES string of the molecule is COc1cccc2c1ccn2-c1ccnc(Nc2cccc(NC(=O)c3cccc(NC(=O)C=CCN(C)C)c3)c2)n1. The van der Waals surface area contributed by atoms with Crippen LogP contribution in [0.15, 0.2) is 103 Å². The Labute approximate surface area is 243 Å². The van der Waals surface area contributed by atoms with Crippen molar-refractivity contribution in [3.63, 3.8) is 0 Å². The first kappa shape index (κ1) is 28.1. The maximum atomic E-state index is 13.0. The number of nitrogens with zero attached hydrogens (tertiary/aromatic N) is 4. The number of benzene rings is 3. The molecule has 0 saturated heterocycles. The second-order valence-electron chi connectivity index (χ2n) is 9.71. The van der Waals surface area contributed by atoms with Crippen molar-refractivity contribution in [2.75, 3.05) is 43.7 Å². The second kappa shape index (κ2) is 12.8. The minimum absolute atomic E-state index is 0.260. The molecule has 2 amide bonds. The normalized spacial score (nSPS) is 11.1. The summed E-state index contributed by atoms with van der Waals surface area (Å²) < 4.78 is 7.45. The summed E-state index contributed by atoms with van der Waals surface area (Å²) in [5, 5.41) is 9.90. The number of aromatic nitrogens is 3. The summed E-state index contributed by atoms with van der Waals surface area (Å²) in [6, 6.07) is 23.7. The molecule has 5 aromatic rings. The number of amides is 2. The lowest BCUT2D eigenvalue weighted by molar-refractivity contribution is -0.111. The zero-order valence-corrected chi connectivity index (χ0v) is 23.5. The summed E-state index contributed by atoms with van der Waals surface area (Å²) in [6.45, 7) is 0.654. The van der Waals surface area contributed by atoms with Gasteiger partial charge in [-0.2, -0.15) is 4.98 Å².